The van der Waals surface area contributed by atoms with Crippen molar-refractivity contribution in [2.24, 2.45) is 0 Å². The van der Waals surface area contributed by atoms with E-state index in [2.05, 4.69) is 20.5 Å². The number of rotatable bonds is 5. The lowest BCUT2D eigenvalue weighted by atomic mass is 10.5. The standard InChI is InChI=1S/C8H9ClN4OS/c9-2-1-6-12-13-8(14-6)11-5-7-10-3-4-15-7/h3-4H,1-2,5H2,(H,11,13). The Labute approximate surface area is 95.5 Å². The first-order valence-electron chi connectivity index (χ1n) is 4.39. The van der Waals surface area contributed by atoms with E-state index in [1.54, 1.807) is 17.5 Å². The highest BCUT2D eigenvalue weighted by Gasteiger charge is 2.05. The van der Waals surface area contributed by atoms with E-state index in [0.717, 1.165) is 5.01 Å². The van der Waals surface area contributed by atoms with Crippen molar-refractivity contribution in [1.82, 2.24) is 15.2 Å². The van der Waals surface area contributed by atoms with Gasteiger partial charge < -0.3 is 9.73 Å². The molecule has 0 aliphatic carbocycles. The molecule has 0 bridgehead atoms. The van der Waals surface area contributed by atoms with Crippen LogP contribution in [0, 0.1) is 0 Å². The molecule has 0 unspecified atom stereocenters. The number of aryl methyl sites for hydroxylation is 1. The molecule has 0 spiro atoms. The summed E-state index contributed by atoms with van der Waals surface area (Å²) in [4.78, 5) is 4.12. The highest BCUT2D eigenvalue weighted by atomic mass is 35.5. The molecule has 0 fully saturated rings. The Bertz CT molecular complexity index is 402. The van der Waals surface area contributed by atoms with Crippen LogP contribution in [-0.4, -0.2) is 21.1 Å². The first kappa shape index (κ1) is 10.4. The van der Waals surface area contributed by atoms with Gasteiger partial charge in [0, 0.05) is 23.9 Å². The molecule has 0 aliphatic rings. The Morgan fingerprint density at radius 1 is 1.47 bits per heavy atom. The number of anilines is 1. The van der Waals surface area contributed by atoms with Crippen molar-refractivity contribution in [3.05, 3.63) is 22.5 Å². The minimum absolute atomic E-state index is 0.408. The maximum atomic E-state index is 5.55. The smallest absolute Gasteiger partial charge is 0.315 e. The van der Waals surface area contributed by atoms with E-state index < -0.39 is 0 Å². The van der Waals surface area contributed by atoms with Crippen molar-refractivity contribution in [3.63, 3.8) is 0 Å². The van der Waals surface area contributed by atoms with Crippen molar-refractivity contribution in [3.8, 4) is 0 Å². The van der Waals surface area contributed by atoms with E-state index in [1.165, 1.54) is 0 Å². The van der Waals surface area contributed by atoms with E-state index in [0.29, 0.717) is 30.8 Å². The second kappa shape index (κ2) is 5.09. The van der Waals surface area contributed by atoms with Gasteiger partial charge in [-0.05, 0) is 0 Å². The molecule has 0 saturated heterocycles. The summed E-state index contributed by atoms with van der Waals surface area (Å²) in [5, 5.41) is 13.5. The number of hydrogen-bond donors (Lipinski definition) is 1. The Hall–Kier alpha value is -1.14. The first-order valence-corrected chi connectivity index (χ1v) is 5.80. The van der Waals surface area contributed by atoms with E-state index >= 15 is 0 Å². The summed E-state index contributed by atoms with van der Waals surface area (Å²) < 4.78 is 5.28. The number of halogens is 1. The second-order valence-corrected chi connectivity index (χ2v) is 4.08. The zero-order chi connectivity index (χ0) is 10.5. The normalized spacial score (nSPS) is 10.5. The van der Waals surface area contributed by atoms with Gasteiger partial charge >= 0.3 is 6.01 Å². The Morgan fingerprint density at radius 2 is 2.40 bits per heavy atom. The molecular weight excluding hydrogens is 236 g/mol. The van der Waals surface area contributed by atoms with E-state index in [1.807, 2.05) is 5.38 Å². The molecular formula is C8H9ClN4OS. The predicted molar refractivity (Wildman–Crippen MR) is 58.2 cm³/mol. The molecule has 0 radical (unpaired) electrons. The number of thiazole rings is 1. The molecule has 0 aromatic carbocycles. The molecule has 0 aliphatic heterocycles. The van der Waals surface area contributed by atoms with Crippen LogP contribution in [0.5, 0.6) is 0 Å². The van der Waals surface area contributed by atoms with Crippen molar-refractivity contribution < 1.29 is 4.42 Å². The molecule has 7 heteroatoms. The topological polar surface area (TPSA) is 63.8 Å². The molecule has 2 rings (SSSR count). The quantitative estimate of drug-likeness (QED) is 0.814. The molecule has 2 heterocycles. The molecule has 15 heavy (non-hydrogen) atoms. The van der Waals surface area contributed by atoms with Crippen LogP contribution in [0.15, 0.2) is 16.0 Å². The second-order valence-electron chi connectivity index (χ2n) is 2.72. The molecule has 1 N–H and O–H groups in total. The van der Waals surface area contributed by atoms with Gasteiger partial charge in [-0.2, -0.15) is 0 Å². The molecule has 0 atom stereocenters. The largest absolute Gasteiger partial charge is 0.408 e. The van der Waals surface area contributed by atoms with Crippen molar-refractivity contribution in [1.29, 1.82) is 0 Å². The van der Waals surface area contributed by atoms with Gasteiger partial charge in [0.1, 0.15) is 5.01 Å². The average Bonchev–Trinajstić information content (AvgIpc) is 2.85. The third kappa shape index (κ3) is 2.90. The van der Waals surface area contributed by atoms with Crippen LogP contribution >= 0.6 is 22.9 Å². The minimum atomic E-state index is 0.408. The lowest BCUT2D eigenvalue weighted by molar-refractivity contribution is 0.512. The molecule has 5 nitrogen and oxygen atoms in total. The lowest BCUT2D eigenvalue weighted by Gasteiger charge is -1.95. The van der Waals surface area contributed by atoms with Gasteiger partial charge in [-0.3, -0.25) is 0 Å². The maximum absolute atomic E-state index is 5.55. The first-order chi connectivity index (χ1) is 7.38. The summed E-state index contributed by atoms with van der Waals surface area (Å²) >= 11 is 7.12. The Morgan fingerprint density at radius 3 is 3.13 bits per heavy atom. The summed E-state index contributed by atoms with van der Waals surface area (Å²) in [6.45, 7) is 0.597. The monoisotopic (exact) mass is 244 g/mol. The number of nitrogens with zero attached hydrogens (tertiary/aromatic N) is 3. The van der Waals surface area contributed by atoms with Gasteiger partial charge in [0.15, 0.2) is 0 Å². The number of aromatic nitrogens is 3. The maximum Gasteiger partial charge on any atom is 0.315 e. The summed E-state index contributed by atoms with van der Waals surface area (Å²) in [5.74, 6) is 1.03. The van der Waals surface area contributed by atoms with Gasteiger partial charge in [0.05, 0.1) is 6.54 Å². The fraction of sp³-hybridized carbons (Fsp3) is 0.375. The highest BCUT2D eigenvalue weighted by Crippen LogP contribution is 2.10. The van der Waals surface area contributed by atoms with Crippen LogP contribution in [0.1, 0.15) is 10.9 Å². The number of hydrogen-bond acceptors (Lipinski definition) is 6. The third-order valence-corrected chi connectivity index (χ3v) is 2.62. The summed E-state index contributed by atoms with van der Waals surface area (Å²) in [6.07, 6.45) is 2.35. The van der Waals surface area contributed by atoms with Gasteiger partial charge in [-0.1, -0.05) is 5.10 Å². The van der Waals surface area contributed by atoms with Crippen molar-refractivity contribution in [2.75, 3.05) is 11.2 Å². The van der Waals surface area contributed by atoms with Crippen molar-refractivity contribution in [2.45, 2.75) is 13.0 Å². The van der Waals surface area contributed by atoms with Gasteiger partial charge in [-0.25, -0.2) is 4.98 Å². The van der Waals surface area contributed by atoms with Crippen LogP contribution in [0.3, 0.4) is 0 Å². The zero-order valence-corrected chi connectivity index (χ0v) is 9.38. The summed E-state index contributed by atoms with van der Waals surface area (Å²) in [7, 11) is 0. The average molecular weight is 245 g/mol. The highest BCUT2D eigenvalue weighted by molar-refractivity contribution is 7.09. The number of alkyl halides is 1. The van der Waals surface area contributed by atoms with Gasteiger partial charge in [0.2, 0.25) is 5.89 Å². The zero-order valence-electron chi connectivity index (χ0n) is 7.81. The minimum Gasteiger partial charge on any atom is -0.408 e. The van der Waals surface area contributed by atoms with E-state index in [4.69, 9.17) is 16.0 Å². The van der Waals surface area contributed by atoms with Gasteiger partial charge in [-0.15, -0.1) is 28.0 Å². The predicted octanol–water partition coefficient (Wildman–Crippen LogP) is 1.92. The molecule has 0 saturated carbocycles. The van der Waals surface area contributed by atoms with Crippen molar-refractivity contribution >= 4 is 29.0 Å². The molecule has 80 valence electrons. The number of nitrogens with one attached hydrogen (secondary N) is 1. The van der Waals surface area contributed by atoms with Crippen LogP contribution in [0.2, 0.25) is 0 Å². The third-order valence-electron chi connectivity index (χ3n) is 1.65. The summed E-state index contributed by atoms with van der Waals surface area (Å²) in [5.41, 5.74) is 0. The summed E-state index contributed by atoms with van der Waals surface area (Å²) in [6, 6.07) is 0.408. The Kier molecular flexibility index (Phi) is 3.52. The van der Waals surface area contributed by atoms with Crippen LogP contribution < -0.4 is 5.32 Å². The molecule has 2 aromatic rings. The fourth-order valence-corrected chi connectivity index (χ4v) is 1.72. The fourth-order valence-electron chi connectivity index (χ4n) is 0.998. The van der Waals surface area contributed by atoms with Crippen LogP contribution in [-0.2, 0) is 13.0 Å². The van der Waals surface area contributed by atoms with E-state index in [9.17, 15) is 0 Å². The SMILES string of the molecule is ClCCc1nnc(NCc2nccs2)o1. The lowest BCUT2D eigenvalue weighted by Crippen LogP contribution is -1.98. The van der Waals surface area contributed by atoms with Gasteiger partial charge in [0.25, 0.3) is 0 Å². The molecule has 2 aromatic heterocycles. The molecule has 0 amide bonds. The van der Waals surface area contributed by atoms with Crippen LogP contribution in [0.4, 0.5) is 6.01 Å². The Balaban J connectivity index is 1.88. The van der Waals surface area contributed by atoms with Crippen LogP contribution in [0.25, 0.3) is 0 Å². The van der Waals surface area contributed by atoms with E-state index in [-0.39, 0.29) is 0 Å².